The summed E-state index contributed by atoms with van der Waals surface area (Å²) in [6.45, 7) is 7.82. The molecule has 0 saturated heterocycles. The van der Waals surface area contributed by atoms with Crippen LogP contribution in [0.15, 0.2) is 36.7 Å². The van der Waals surface area contributed by atoms with Crippen molar-refractivity contribution in [3.8, 4) is 0 Å². The molecule has 5 heteroatoms. The van der Waals surface area contributed by atoms with Crippen molar-refractivity contribution in [2.45, 2.75) is 52.3 Å². The maximum absolute atomic E-state index is 12.2. The Labute approximate surface area is 143 Å². The molecule has 2 aromatic heterocycles. The lowest BCUT2D eigenvalue weighted by Gasteiger charge is -2.31. The number of carbonyl (C=O) groups is 1. The van der Waals surface area contributed by atoms with E-state index in [1.165, 1.54) is 17.0 Å². The van der Waals surface area contributed by atoms with E-state index in [0.29, 0.717) is 13.1 Å². The van der Waals surface area contributed by atoms with Crippen molar-refractivity contribution < 1.29 is 9.53 Å². The van der Waals surface area contributed by atoms with E-state index >= 15 is 0 Å². The van der Waals surface area contributed by atoms with Crippen molar-refractivity contribution in [2.24, 2.45) is 0 Å². The highest BCUT2D eigenvalue weighted by Crippen LogP contribution is 2.20. The van der Waals surface area contributed by atoms with E-state index in [1.807, 2.05) is 33.0 Å². The number of aromatic nitrogens is 2. The van der Waals surface area contributed by atoms with Gasteiger partial charge in [-0.1, -0.05) is 6.07 Å². The summed E-state index contributed by atoms with van der Waals surface area (Å²) >= 11 is 0. The van der Waals surface area contributed by atoms with Gasteiger partial charge in [0.2, 0.25) is 0 Å². The Balaban J connectivity index is 1.63. The average Bonchev–Trinajstić information content (AvgIpc) is 2.94. The van der Waals surface area contributed by atoms with Crippen molar-refractivity contribution in [2.75, 3.05) is 6.54 Å². The summed E-state index contributed by atoms with van der Waals surface area (Å²) in [6.07, 6.45) is 5.45. The summed E-state index contributed by atoms with van der Waals surface area (Å²) < 4.78 is 7.81. The Kier molecular flexibility index (Phi) is 4.60. The highest BCUT2D eigenvalue weighted by Gasteiger charge is 2.26. The highest BCUT2D eigenvalue weighted by molar-refractivity contribution is 5.68. The van der Waals surface area contributed by atoms with E-state index in [0.717, 1.165) is 19.4 Å². The summed E-state index contributed by atoms with van der Waals surface area (Å²) in [5.74, 6) is 0. The largest absolute Gasteiger partial charge is 0.444 e. The topological polar surface area (TPSA) is 47.4 Å². The molecule has 0 fully saturated rings. The van der Waals surface area contributed by atoms with E-state index in [2.05, 4.69) is 27.8 Å². The van der Waals surface area contributed by atoms with Gasteiger partial charge in [-0.05, 0) is 57.4 Å². The van der Waals surface area contributed by atoms with E-state index in [9.17, 15) is 4.79 Å². The standard InChI is InChI=1S/C19H25N3O2/c1-19(2,3)24-18(23)21-11-12-22-16(8-9-17(22)14-21)7-6-15-5-4-10-20-13-15/h4-5,8-10,13H,6-7,11-12,14H2,1-3H3. The Morgan fingerprint density at radius 1 is 1.21 bits per heavy atom. The molecule has 24 heavy (non-hydrogen) atoms. The van der Waals surface area contributed by atoms with E-state index < -0.39 is 5.60 Å². The molecule has 128 valence electrons. The summed E-state index contributed by atoms with van der Waals surface area (Å²) in [4.78, 5) is 18.2. The number of fused-ring (bicyclic) bond motifs is 1. The molecule has 0 radical (unpaired) electrons. The maximum Gasteiger partial charge on any atom is 0.410 e. The first-order valence-electron chi connectivity index (χ1n) is 8.46. The Morgan fingerprint density at radius 3 is 2.75 bits per heavy atom. The number of hydrogen-bond acceptors (Lipinski definition) is 3. The Hall–Kier alpha value is -2.30. The van der Waals surface area contributed by atoms with Gasteiger partial charge in [0, 0.05) is 36.9 Å². The molecule has 1 amide bonds. The van der Waals surface area contributed by atoms with Gasteiger partial charge < -0.3 is 14.2 Å². The molecular weight excluding hydrogens is 302 g/mol. The van der Waals surface area contributed by atoms with E-state index in [1.54, 1.807) is 11.1 Å². The fraction of sp³-hybridized carbons (Fsp3) is 0.474. The van der Waals surface area contributed by atoms with Crippen molar-refractivity contribution in [1.29, 1.82) is 0 Å². The first kappa shape index (κ1) is 16.6. The van der Waals surface area contributed by atoms with Gasteiger partial charge in [-0.15, -0.1) is 0 Å². The van der Waals surface area contributed by atoms with Crippen LogP contribution in [0.1, 0.15) is 37.7 Å². The smallest absolute Gasteiger partial charge is 0.410 e. The van der Waals surface area contributed by atoms with Gasteiger partial charge in [0.05, 0.1) is 6.54 Å². The molecule has 2 aromatic rings. The van der Waals surface area contributed by atoms with Crippen LogP contribution in [0.2, 0.25) is 0 Å². The lowest BCUT2D eigenvalue weighted by atomic mass is 10.1. The molecule has 3 heterocycles. The van der Waals surface area contributed by atoms with Crippen molar-refractivity contribution >= 4 is 6.09 Å². The second-order valence-electron chi connectivity index (χ2n) is 7.23. The normalized spacial score (nSPS) is 14.4. The number of pyridine rings is 1. The third-order valence-electron chi connectivity index (χ3n) is 4.15. The molecule has 0 unspecified atom stereocenters. The van der Waals surface area contributed by atoms with Gasteiger partial charge in [0.15, 0.2) is 0 Å². The number of aryl methyl sites for hydroxylation is 2. The first-order valence-corrected chi connectivity index (χ1v) is 8.46. The minimum Gasteiger partial charge on any atom is -0.444 e. The van der Waals surface area contributed by atoms with Crippen LogP contribution in [-0.4, -0.2) is 32.7 Å². The quantitative estimate of drug-likeness (QED) is 0.868. The summed E-state index contributed by atoms with van der Waals surface area (Å²) in [5, 5.41) is 0. The summed E-state index contributed by atoms with van der Waals surface area (Å²) in [6, 6.07) is 8.37. The van der Waals surface area contributed by atoms with Gasteiger partial charge in [-0.3, -0.25) is 4.98 Å². The number of hydrogen-bond donors (Lipinski definition) is 0. The lowest BCUT2D eigenvalue weighted by Crippen LogP contribution is -2.41. The predicted molar refractivity (Wildman–Crippen MR) is 92.7 cm³/mol. The van der Waals surface area contributed by atoms with Crippen LogP contribution < -0.4 is 0 Å². The molecule has 1 aliphatic rings. The van der Waals surface area contributed by atoms with Crippen molar-refractivity contribution in [3.05, 3.63) is 53.6 Å². The molecule has 0 bridgehead atoms. The molecule has 3 rings (SSSR count). The van der Waals surface area contributed by atoms with Gasteiger partial charge in [-0.25, -0.2) is 4.79 Å². The third-order valence-corrected chi connectivity index (χ3v) is 4.15. The summed E-state index contributed by atoms with van der Waals surface area (Å²) in [5.41, 5.74) is 3.29. The van der Waals surface area contributed by atoms with E-state index in [-0.39, 0.29) is 6.09 Å². The molecule has 1 aliphatic heterocycles. The van der Waals surface area contributed by atoms with Crippen LogP contribution in [-0.2, 0) is 30.7 Å². The van der Waals surface area contributed by atoms with Crippen LogP contribution in [0.4, 0.5) is 4.79 Å². The van der Waals surface area contributed by atoms with Gasteiger partial charge in [-0.2, -0.15) is 0 Å². The second kappa shape index (κ2) is 6.67. The zero-order chi connectivity index (χ0) is 17.2. The number of rotatable bonds is 3. The molecule has 0 N–H and O–H groups in total. The number of carbonyl (C=O) groups excluding carboxylic acids is 1. The third kappa shape index (κ3) is 3.96. The van der Waals surface area contributed by atoms with Crippen LogP contribution in [0.5, 0.6) is 0 Å². The monoisotopic (exact) mass is 327 g/mol. The molecule has 0 atom stereocenters. The van der Waals surface area contributed by atoms with E-state index in [4.69, 9.17) is 4.74 Å². The van der Waals surface area contributed by atoms with Gasteiger partial charge in [0.25, 0.3) is 0 Å². The van der Waals surface area contributed by atoms with Crippen LogP contribution >= 0.6 is 0 Å². The van der Waals surface area contributed by atoms with Crippen LogP contribution in [0.25, 0.3) is 0 Å². The molecular formula is C19H25N3O2. The minimum atomic E-state index is -0.453. The number of ether oxygens (including phenoxy) is 1. The number of amides is 1. The second-order valence-corrected chi connectivity index (χ2v) is 7.23. The zero-order valence-corrected chi connectivity index (χ0v) is 14.7. The zero-order valence-electron chi connectivity index (χ0n) is 14.7. The SMILES string of the molecule is CC(C)(C)OC(=O)N1CCn2c(CCc3cccnc3)ccc2C1. The highest BCUT2D eigenvalue weighted by atomic mass is 16.6. The Bertz CT molecular complexity index is 701. The van der Waals surface area contributed by atoms with Gasteiger partial charge >= 0.3 is 6.09 Å². The van der Waals surface area contributed by atoms with Crippen molar-refractivity contribution in [3.63, 3.8) is 0 Å². The molecule has 0 aliphatic carbocycles. The fourth-order valence-corrected chi connectivity index (χ4v) is 3.00. The molecule has 5 nitrogen and oxygen atoms in total. The lowest BCUT2D eigenvalue weighted by molar-refractivity contribution is 0.0198. The van der Waals surface area contributed by atoms with Gasteiger partial charge in [0.1, 0.15) is 5.60 Å². The average molecular weight is 327 g/mol. The minimum absolute atomic E-state index is 0.230. The Morgan fingerprint density at radius 2 is 2.04 bits per heavy atom. The molecule has 0 spiro atoms. The first-order chi connectivity index (χ1) is 11.4. The van der Waals surface area contributed by atoms with Crippen molar-refractivity contribution in [1.82, 2.24) is 14.5 Å². The summed E-state index contributed by atoms with van der Waals surface area (Å²) in [7, 11) is 0. The molecule has 0 saturated carbocycles. The van der Waals surface area contributed by atoms with Crippen LogP contribution in [0.3, 0.4) is 0 Å². The molecule has 0 aromatic carbocycles. The predicted octanol–water partition coefficient (Wildman–Crippen LogP) is 3.42. The fourth-order valence-electron chi connectivity index (χ4n) is 3.00. The van der Waals surface area contributed by atoms with Crippen LogP contribution in [0, 0.1) is 0 Å². The maximum atomic E-state index is 12.2. The number of nitrogens with zero attached hydrogens (tertiary/aromatic N) is 3.